The van der Waals surface area contributed by atoms with Gasteiger partial charge in [-0.1, -0.05) is 0 Å². The number of aromatic nitrogens is 1. The summed E-state index contributed by atoms with van der Waals surface area (Å²) in [5, 5.41) is 2.64. The number of halogens is 5. The van der Waals surface area contributed by atoms with Crippen LogP contribution in [0.15, 0.2) is 28.7 Å². The zero-order chi connectivity index (χ0) is 15.8. The molecule has 0 atom stereocenters. The number of hydrogen-bond donors (Lipinski definition) is 2. The van der Waals surface area contributed by atoms with Gasteiger partial charge >= 0.3 is 6.18 Å². The van der Waals surface area contributed by atoms with Crippen LogP contribution in [-0.4, -0.2) is 4.98 Å². The molecular formula is C13H10BrF4N3. The Labute approximate surface area is 126 Å². The second-order valence-electron chi connectivity index (χ2n) is 4.37. The molecule has 3 nitrogen and oxygen atoms in total. The second kappa shape index (κ2) is 5.51. The quantitative estimate of drug-likeness (QED) is 0.764. The highest BCUT2D eigenvalue weighted by molar-refractivity contribution is 9.10. The van der Waals surface area contributed by atoms with E-state index >= 15 is 0 Å². The third-order valence-electron chi connectivity index (χ3n) is 2.70. The molecule has 0 radical (unpaired) electrons. The van der Waals surface area contributed by atoms with E-state index in [0.717, 1.165) is 18.2 Å². The first-order valence-corrected chi connectivity index (χ1v) is 6.53. The van der Waals surface area contributed by atoms with Crippen molar-refractivity contribution in [2.75, 3.05) is 11.1 Å². The van der Waals surface area contributed by atoms with Crippen molar-refractivity contribution >= 4 is 33.3 Å². The summed E-state index contributed by atoms with van der Waals surface area (Å²) in [4.78, 5) is 3.77. The van der Waals surface area contributed by atoms with Gasteiger partial charge in [-0.2, -0.15) is 13.2 Å². The highest BCUT2D eigenvalue weighted by atomic mass is 79.9. The average molecular weight is 364 g/mol. The van der Waals surface area contributed by atoms with E-state index in [1.165, 1.54) is 6.07 Å². The number of nitrogens with one attached hydrogen (secondary N) is 1. The summed E-state index contributed by atoms with van der Waals surface area (Å²) in [6.07, 6.45) is -4.53. The normalized spacial score (nSPS) is 11.5. The monoisotopic (exact) mass is 363 g/mol. The number of nitrogen functional groups attached to an aromatic ring is 1. The Morgan fingerprint density at radius 2 is 1.86 bits per heavy atom. The van der Waals surface area contributed by atoms with Crippen molar-refractivity contribution in [3.63, 3.8) is 0 Å². The van der Waals surface area contributed by atoms with Crippen molar-refractivity contribution in [1.29, 1.82) is 0 Å². The van der Waals surface area contributed by atoms with Crippen molar-refractivity contribution in [1.82, 2.24) is 4.98 Å². The van der Waals surface area contributed by atoms with E-state index in [1.54, 1.807) is 6.92 Å². The first-order valence-electron chi connectivity index (χ1n) is 5.74. The fraction of sp³-hybridized carbons (Fsp3) is 0.154. The van der Waals surface area contributed by atoms with E-state index in [2.05, 4.69) is 26.2 Å². The minimum atomic E-state index is -4.53. The van der Waals surface area contributed by atoms with Gasteiger partial charge in [0.2, 0.25) is 0 Å². The molecule has 1 aromatic carbocycles. The fourth-order valence-corrected chi connectivity index (χ4v) is 2.16. The van der Waals surface area contributed by atoms with Crippen LogP contribution in [0.4, 0.5) is 34.9 Å². The van der Waals surface area contributed by atoms with E-state index < -0.39 is 17.6 Å². The summed E-state index contributed by atoms with van der Waals surface area (Å²) in [6.45, 7) is 1.68. The lowest BCUT2D eigenvalue weighted by atomic mass is 10.2. The molecule has 0 saturated heterocycles. The Bertz CT molecular complexity index is 686. The summed E-state index contributed by atoms with van der Waals surface area (Å²) in [5.41, 5.74) is 5.39. The van der Waals surface area contributed by atoms with Crippen LogP contribution in [0.2, 0.25) is 0 Å². The third-order valence-corrected chi connectivity index (χ3v) is 3.31. The maximum absolute atomic E-state index is 13.5. The Balaban J connectivity index is 2.40. The zero-order valence-corrected chi connectivity index (χ0v) is 12.3. The predicted octanol–water partition coefficient (Wildman–Crippen LogP) is 4.64. The Morgan fingerprint density at radius 3 is 2.48 bits per heavy atom. The van der Waals surface area contributed by atoms with Crippen molar-refractivity contribution in [2.45, 2.75) is 13.1 Å². The lowest BCUT2D eigenvalue weighted by Crippen LogP contribution is -2.08. The molecule has 1 heterocycles. The Morgan fingerprint density at radius 1 is 1.19 bits per heavy atom. The lowest BCUT2D eigenvalue weighted by Gasteiger charge is -2.13. The highest BCUT2D eigenvalue weighted by Gasteiger charge is 2.31. The predicted molar refractivity (Wildman–Crippen MR) is 75.8 cm³/mol. The summed E-state index contributed by atoms with van der Waals surface area (Å²) in [5.74, 6) is -0.919. The van der Waals surface area contributed by atoms with Gasteiger partial charge in [0.05, 0.1) is 10.0 Å². The smallest absolute Gasteiger partial charge is 0.384 e. The molecule has 0 fully saturated rings. The molecule has 3 N–H and O–H groups in total. The number of anilines is 3. The van der Waals surface area contributed by atoms with Gasteiger partial charge in [0, 0.05) is 5.69 Å². The van der Waals surface area contributed by atoms with Gasteiger partial charge < -0.3 is 11.1 Å². The van der Waals surface area contributed by atoms with Crippen molar-refractivity contribution in [3.05, 3.63) is 45.7 Å². The van der Waals surface area contributed by atoms with Crippen LogP contribution < -0.4 is 11.1 Å². The number of nitrogens with zero attached hydrogens (tertiary/aromatic N) is 1. The first-order chi connectivity index (χ1) is 9.66. The van der Waals surface area contributed by atoms with Crippen LogP contribution in [0.3, 0.4) is 0 Å². The number of alkyl halides is 3. The SMILES string of the molecule is Cc1cc(Br)c(F)cc1Nc1cc(C(F)(F)F)cc(N)n1. The zero-order valence-electron chi connectivity index (χ0n) is 10.7. The van der Waals surface area contributed by atoms with Gasteiger partial charge in [0.15, 0.2) is 0 Å². The van der Waals surface area contributed by atoms with E-state index in [0.29, 0.717) is 11.3 Å². The number of benzene rings is 1. The standard InChI is InChI=1S/C13H10BrF4N3/c1-6-2-8(14)9(15)5-10(6)20-12-4-7(13(16,17)18)3-11(19)21-12/h2-5H,1H3,(H3,19,20,21). The van der Waals surface area contributed by atoms with Crippen LogP contribution in [0.25, 0.3) is 0 Å². The lowest BCUT2D eigenvalue weighted by molar-refractivity contribution is -0.137. The summed E-state index contributed by atoms with van der Waals surface area (Å²) < 4.78 is 51.9. The molecule has 0 aliphatic heterocycles. The van der Waals surface area contributed by atoms with Gasteiger partial charge in [-0.05, 0) is 52.7 Å². The molecular weight excluding hydrogens is 354 g/mol. The molecule has 0 bridgehead atoms. The molecule has 0 aliphatic rings. The van der Waals surface area contributed by atoms with Crippen LogP contribution >= 0.6 is 15.9 Å². The average Bonchev–Trinajstić information content (AvgIpc) is 2.34. The third kappa shape index (κ3) is 3.63. The van der Waals surface area contributed by atoms with Crippen molar-refractivity contribution in [3.8, 4) is 0 Å². The molecule has 21 heavy (non-hydrogen) atoms. The fourth-order valence-electron chi connectivity index (χ4n) is 1.70. The van der Waals surface area contributed by atoms with Gasteiger partial charge in [0.25, 0.3) is 0 Å². The molecule has 0 aliphatic carbocycles. The molecule has 0 saturated carbocycles. The minimum Gasteiger partial charge on any atom is -0.384 e. The molecule has 112 valence electrons. The van der Waals surface area contributed by atoms with Crippen LogP contribution in [0, 0.1) is 12.7 Å². The highest BCUT2D eigenvalue weighted by Crippen LogP contribution is 2.33. The van der Waals surface area contributed by atoms with Crippen molar-refractivity contribution in [2.24, 2.45) is 0 Å². The molecule has 2 aromatic rings. The van der Waals surface area contributed by atoms with Gasteiger partial charge in [-0.3, -0.25) is 0 Å². The first kappa shape index (κ1) is 15.6. The number of nitrogens with two attached hydrogens (primary N) is 1. The van der Waals surface area contributed by atoms with Crippen LogP contribution in [-0.2, 0) is 6.18 Å². The van der Waals surface area contributed by atoms with Gasteiger partial charge in [0.1, 0.15) is 17.5 Å². The van der Waals surface area contributed by atoms with E-state index in [1.807, 2.05) is 0 Å². The molecule has 1 aromatic heterocycles. The summed E-state index contributed by atoms with van der Waals surface area (Å²) >= 11 is 3.03. The second-order valence-corrected chi connectivity index (χ2v) is 5.22. The van der Waals surface area contributed by atoms with E-state index in [4.69, 9.17) is 5.73 Å². The number of pyridine rings is 1. The number of aryl methyl sites for hydroxylation is 1. The number of hydrogen-bond acceptors (Lipinski definition) is 3. The molecule has 0 amide bonds. The Kier molecular flexibility index (Phi) is 4.08. The van der Waals surface area contributed by atoms with Crippen molar-refractivity contribution < 1.29 is 17.6 Å². The summed E-state index contributed by atoms with van der Waals surface area (Å²) in [7, 11) is 0. The molecule has 2 rings (SSSR count). The van der Waals surface area contributed by atoms with Gasteiger partial charge in [-0.25, -0.2) is 9.37 Å². The Hall–Kier alpha value is -1.83. The van der Waals surface area contributed by atoms with E-state index in [9.17, 15) is 17.6 Å². The summed E-state index contributed by atoms with van der Waals surface area (Å²) in [6, 6.07) is 4.22. The van der Waals surface area contributed by atoms with E-state index in [-0.39, 0.29) is 16.1 Å². The molecule has 8 heteroatoms. The molecule has 0 spiro atoms. The molecule has 0 unspecified atom stereocenters. The maximum Gasteiger partial charge on any atom is 0.416 e. The van der Waals surface area contributed by atoms with Gasteiger partial charge in [-0.15, -0.1) is 0 Å². The van der Waals surface area contributed by atoms with Crippen LogP contribution in [0.5, 0.6) is 0 Å². The van der Waals surface area contributed by atoms with Crippen LogP contribution in [0.1, 0.15) is 11.1 Å². The maximum atomic E-state index is 13.5. The largest absolute Gasteiger partial charge is 0.416 e. The topological polar surface area (TPSA) is 50.9 Å². The number of rotatable bonds is 2. The minimum absolute atomic E-state index is 0.104.